The zero-order chi connectivity index (χ0) is 36.1. The first kappa shape index (κ1) is 32.6. The van der Waals surface area contributed by atoms with Crippen molar-refractivity contribution < 1.29 is 0 Å². The summed E-state index contributed by atoms with van der Waals surface area (Å²) in [6, 6.07) is 66.0. The van der Waals surface area contributed by atoms with E-state index < -0.39 is 0 Å². The zero-order valence-electron chi connectivity index (χ0n) is 29.3. The molecular weight excluding hydrogens is 661 g/mol. The maximum absolute atomic E-state index is 5.11. The summed E-state index contributed by atoms with van der Waals surface area (Å²) in [4.78, 5) is 25.0. The van der Waals surface area contributed by atoms with E-state index in [-0.39, 0.29) is 6.17 Å². The van der Waals surface area contributed by atoms with E-state index in [2.05, 4.69) is 115 Å². The zero-order valence-corrected chi connectivity index (χ0v) is 29.3. The van der Waals surface area contributed by atoms with Gasteiger partial charge >= 0.3 is 0 Å². The first-order valence-corrected chi connectivity index (χ1v) is 18.0. The van der Waals surface area contributed by atoms with Gasteiger partial charge in [-0.25, -0.2) is 24.9 Å². The molecule has 2 heterocycles. The third-order valence-electron chi connectivity index (χ3n) is 9.40. The third kappa shape index (κ3) is 6.96. The quantitative estimate of drug-likeness (QED) is 0.172. The minimum atomic E-state index is -0.295. The fraction of sp³-hybridized carbons (Fsp3) is 0.0208. The summed E-state index contributed by atoms with van der Waals surface area (Å²) in [5, 5.41) is 3.62. The fourth-order valence-corrected chi connectivity index (χ4v) is 6.60. The van der Waals surface area contributed by atoms with E-state index in [4.69, 9.17) is 24.9 Å². The summed E-state index contributed by atoms with van der Waals surface area (Å²) < 4.78 is 0. The number of rotatable bonds is 8. The molecule has 9 rings (SSSR count). The van der Waals surface area contributed by atoms with Crippen molar-refractivity contribution in [1.29, 1.82) is 0 Å². The van der Waals surface area contributed by atoms with Crippen LogP contribution in [0.2, 0.25) is 0 Å². The molecule has 8 aromatic rings. The standard InChI is InChI=1S/C48H34N6/c1-5-15-33(16-6-1)34-27-29-38(30-28-34)46-50-45(37-21-11-4-12-22-37)53-48(54-46)42-26-14-24-40(32-42)39-23-13-25-41(31-39)47-51-43(35-17-7-2-8-18-35)49-44(52-47)36-19-9-3-10-20-36/h1-32,45H,(H,50,53,54). The van der Waals surface area contributed by atoms with E-state index in [1.54, 1.807) is 0 Å². The molecule has 54 heavy (non-hydrogen) atoms. The Kier molecular flexibility index (Phi) is 8.89. The number of aliphatic imine (C=N–C) groups is 2. The van der Waals surface area contributed by atoms with Crippen molar-refractivity contribution in [2.45, 2.75) is 6.17 Å². The van der Waals surface area contributed by atoms with Crippen molar-refractivity contribution in [1.82, 2.24) is 20.3 Å². The molecule has 1 atom stereocenters. The normalized spacial score (nSPS) is 13.7. The molecule has 0 spiro atoms. The highest BCUT2D eigenvalue weighted by molar-refractivity contribution is 6.13. The van der Waals surface area contributed by atoms with E-state index in [1.165, 1.54) is 5.56 Å². The highest BCUT2D eigenvalue weighted by Gasteiger charge is 2.21. The maximum Gasteiger partial charge on any atom is 0.164 e. The molecular formula is C48H34N6. The molecule has 256 valence electrons. The number of nitrogens with one attached hydrogen (secondary N) is 1. The van der Waals surface area contributed by atoms with Gasteiger partial charge in [0.2, 0.25) is 0 Å². The van der Waals surface area contributed by atoms with Crippen LogP contribution in [0.1, 0.15) is 22.9 Å². The third-order valence-corrected chi connectivity index (χ3v) is 9.40. The lowest BCUT2D eigenvalue weighted by molar-refractivity contribution is 0.674. The molecule has 6 heteroatoms. The smallest absolute Gasteiger partial charge is 0.164 e. The van der Waals surface area contributed by atoms with Gasteiger partial charge in [0, 0.05) is 27.8 Å². The monoisotopic (exact) mass is 694 g/mol. The Morgan fingerprint density at radius 2 is 0.741 bits per heavy atom. The molecule has 1 aliphatic heterocycles. The molecule has 0 fully saturated rings. The lowest BCUT2D eigenvalue weighted by Crippen LogP contribution is -2.33. The number of aromatic nitrogens is 3. The Bertz CT molecular complexity index is 2550. The second-order valence-corrected chi connectivity index (χ2v) is 13.0. The van der Waals surface area contributed by atoms with Crippen LogP contribution in [0.3, 0.4) is 0 Å². The van der Waals surface area contributed by atoms with Crippen molar-refractivity contribution in [2.24, 2.45) is 9.98 Å². The lowest BCUT2D eigenvalue weighted by atomic mass is 10.00. The van der Waals surface area contributed by atoms with E-state index in [1.807, 2.05) is 84.9 Å². The van der Waals surface area contributed by atoms with E-state index >= 15 is 0 Å². The Morgan fingerprint density at radius 3 is 1.31 bits per heavy atom. The van der Waals surface area contributed by atoms with Crippen molar-refractivity contribution in [3.05, 3.63) is 211 Å². The lowest BCUT2D eigenvalue weighted by Gasteiger charge is -2.24. The van der Waals surface area contributed by atoms with Gasteiger partial charge in [0.15, 0.2) is 23.3 Å². The number of amidine groups is 2. The summed E-state index contributed by atoms with van der Waals surface area (Å²) in [6.45, 7) is 0. The SMILES string of the molecule is c1ccc(-c2ccc(C3=NC(c4ccccc4)NC(c4cccc(-c5cccc(-c6nc(-c7ccccc7)nc(-c7ccccc7)n6)c5)c4)=N3)cc2)cc1. The summed E-state index contributed by atoms with van der Waals surface area (Å²) in [6.07, 6.45) is -0.295. The number of hydrogen-bond donors (Lipinski definition) is 1. The minimum Gasteiger partial charge on any atom is -0.344 e. The first-order valence-electron chi connectivity index (χ1n) is 18.0. The second-order valence-electron chi connectivity index (χ2n) is 13.0. The summed E-state index contributed by atoms with van der Waals surface area (Å²) in [5.74, 6) is 3.32. The molecule has 0 aliphatic carbocycles. The average Bonchev–Trinajstić information content (AvgIpc) is 3.27. The summed E-state index contributed by atoms with van der Waals surface area (Å²) in [5.41, 5.74) is 10.2. The van der Waals surface area contributed by atoms with Crippen LogP contribution in [-0.2, 0) is 0 Å². The molecule has 6 nitrogen and oxygen atoms in total. The molecule has 7 aromatic carbocycles. The van der Waals surface area contributed by atoms with Gasteiger partial charge in [0.1, 0.15) is 12.0 Å². The molecule has 0 radical (unpaired) electrons. The minimum absolute atomic E-state index is 0.295. The van der Waals surface area contributed by atoms with Crippen LogP contribution in [0.5, 0.6) is 0 Å². The van der Waals surface area contributed by atoms with Crippen molar-refractivity contribution in [3.63, 3.8) is 0 Å². The van der Waals surface area contributed by atoms with Crippen LogP contribution in [0.25, 0.3) is 56.4 Å². The van der Waals surface area contributed by atoms with Crippen LogP contribution in [0, 0.1) is 0 Å². The van der Waals surface area contributed by atoms with E-state index in [0.717, 1.165) is 55.9 Å². The topological polar surface area (TPSA) is 75.4 Å². The molecule has 1 aliphatic rings. The molecule has 0 bridgehead atoms. The van der Waals surface area contributed by atoms with Gasteiger partial charge in [0.25, 0.3) is 0 Å². The first-order chi connectivity index (χ1) is 26.7. The van der Waals surface area contributed by atoms with Gasteiger partial charge in [-0.2, -0.15) is 0 Å². The number of benzene rings is 7. The summed E-state index contributed by atoms with van der Waals surface area (Å²) >= 11 is 0. The molecule has 0 amide bonds. The van der Waals surface area contributed by atoms with Crippen LogP contribution >= 0.6 is 0 Å². The van der Waals surface area contributed by atoms with Crippen LogP contribution in [0.15, 0.2) is 204 Å². The van der Waals surface area contributed by atoms with Gasteiger partial charge in [-0.1, -0.05) is 182 Å². The van der Waals surface area contributed by atoms with Gasteiger partial charge < -0.3 is 5.32 Å². The van der Waals surface area contributed by atoms with Gasteiger partial charge in [0.05, 0.1) is 0 Å². The highest BCUT2D eigenvalue weighted by atomic mass is 15.2. The van der Waals surface area contributed by atoms with Gasteiger partial charge in [-0.05, 0) is 39.9 Å². The molecule has 0 saturated heterocycles. The van der Waals surface area contributed by atoms with Crippen LogP contribution < -0.4 is 5.32 Å². The van der Waals surface area contributed by atoms with Crippen molar-refractivity contribution in [2.75, 3.05) is 0 Å². The van der Waals surface area contributed by atoms with Gasteiger partial charge in [-0.15, -0.1) is 0 Å². The Morgan fingerprint density at radius 1 is 0.333 bits per heavy atom. The average molecular weight is 695 g/mol. The second kappa shape index (κ2) is 14.7. The van der Waals surface area contributed by atoms with E-state index in [9.17, 15) is 0 Å². The van der Waals surface area contributed by atoms with Gasteiger partial charge in [-0.3, -0.25) is 0 Å². The Hall–Kier alpha value is -7.31. The fourth-order valence-electron chi connectivity index (χ4n) is 6.60. The molecule has 1 unspecified atom stereocenters. The predicted octanol–water partition coefficient (Wildman–Crippen LogP) is 10.7. The molecule has 0 saturated carbocycles. The predicted molar refractivity (Wildman–Crippen MR) is 219 cm³/mol. The van der Waals surface area contributed by atoms with Crippen LogP contribution in [-0.4, -0.2) is 26.6 Å². The van der Waals surface area contributed by atoms with Crippen LogP contribution in [0.4, 0.5) is 0 Å². The van der Waals surface area contributed by atoms with Crippen molar-refractivity contribution >= 4 is 11.7 Å². The number of nitrogens with zero attached hydrogens (tertiary/aromatic N) is 5. The Labute approximate surface area is 314 Å². The van der Waals surface area contributed by atoms with Crippen molar-refractivity contribution in [3.8, 4) is 56.4 Å². The van der Waals surface area contributed by atoms with E-state index in [0.29, 0.717) is 23.3 Å². The largest absolute Gasteiger partial charge is 0.344 e. The highest BCUT2D eigenvalue weighted by Crippen LogP contribution is 2.30. The Balaban J connectivity index is 1.07. The number of hydrogen-bond acceptors (Lipinski definition) is 6. The maximum atomic E-state index is 5.11. The molecule has 1 N–H and O–H groups in total. The summed E-state index contributed by atoms with van der Waals surface area (Å²) in [7, 11) is 0. The molecule has 1 aromatic heterocycles.